The Hall–Kier alpha value is -2.25. The van der Waals surface area contributed by atoms with E-state index in [-0.39, 0.29) is 5.69 Å². The van der Waals surface area contributed by atoms with Gasteiger partial charge in [-0.3, -0.25) is 0 Å². The lowest BCUT2D eigenvalue weighted by Crippen LogP contribution is -2.19. The summed E-state index contributed by atoms with van der Waals surface area (Å²) in [4.78, 5) is 22.0. The Bertz CT molecular complexity index is 568. The van der Waals surface area contributed by atoms with E-state index in [4.69, 9.17) is 10.8 Å². The van der Waals surface area contributed by atoms with Crippen LogP contribution in [-0.4, -0.2) is 32.6 Å². The van der Waals surface area contributed by atoms with Crippen LogP contribution >= 0.6 is 0 Å². The SMILES string of the molecule is NCc1cc(CNCCc2cnc[nH]2)nc(C(=O)O)c1. The Morgan fingerprint density at radius 2 is 2.30 bits per heavy atom. The van der Waals surface area contributed by atoms with Crippen LogP contribution in [0.4, 0.5) is 0 Å². The van der Waals surface area contributed by atoms with E-state index in [0.717, 1.165) is 24.2 Å². The van der Waals surface area contributed by atoms with Gasteiger partial charge in [-0.15, -0.1) is 0 Å². The molecule has 2 heterocycles. The highest BCUT2D eigenvalue weighted by Gasteiger charge is 2.08. The van der Waals surface area contributed by atoms with Gasteiger partial charge in [0.15, 0.2) is 0 Å². The minimum absolute atomic E-state index is 0.0262. The first-order valence-electron chi connectivity index (χ1n) is 6.30. The van der Waals surface area contributed by atoms with Crippen molar-refractivity contribution in [1.82, 2.24) is 20.3 Å². The lowest BCUT2D eigenvalue weighted by atomic mass is 10.2. The van der Waals surface area contributed by atoms with Crippen molar-refractivity contribution in [2.75, 3.05) is 6.54 Å². The van der Waals surface area contributed by atoms with Gasteiger partial charge >= 0.3 is 5.97 Å². The maximum atomic E-state index is 11.0. The summed E-state index contributed by atoms with van der Waals surface area (Å²) in [7, 11) is 0. The molecule has 0 bridgehead atoms. The molecule has 7 heteroatoms. The summed E-state index contributed by atoms with van der Waals surface area (Å²) in [6, 6.07) is 3.31. The molecule has 106 valence electrons. The van der Waals surface area contributed by atoms with Crippen molar-refractivity contribution < 1.29 is 9.90 Å². The molecular weight excluding hydrogens is 258 g/mol. The van der Waals surface area contributed by atoms with E-state index < -0.39 is 5.97 Å². The third-order valence-corrected chi connectivity index (χ3v) is 2.83. The minimum Gasteiger partial charge on any atom is -0.477 e. The number of rotatable bonds is 7. The molecule has 2 aromatic heterocycles. The molecule has 5 N–H and O–H groups in total. The van der Waals surface area contributed by atoms with Crippen LogP contribution in [0.3, 0.4) is 0 Å². The monoisotopic (exact) mass is 275 g/mol. The Labute approximate surface area is 116 Å². The number of hydrogen-bond donors (Lipinski definition) is 4. The molecule has 0 unspecified atom stereocenters. The number of aromatic nitrogens is 3. The number of carbonyl (C=O) groups is 1. The molecule has 0 aliphatic carbocycles. The fraction of sp³-hybridized carbons (Fsp3) is 0.308. The zero-order chi connectivity index (χ0) is 14.4. The van der Waals surface area contributed by atoms with E-state index >= 15 is 0 Å². The third-order valence-electron chi connectivity index (χ3n) is 2.83. The molecule has 0 spiro atoms. The Morgan fingerprint density at radius 3 is 2.95 bits per heavy atom. The Kier molecular flexibility index (Phi) is 4.80. The summed E-state index contributed by atoms with van der Waals surface area (Å²) in [6.45, 7) is 1.55. The summed E-state index contributed by atoms with van der Waals surface area (Å²) in [6.07, 6.45) is 4.24. The van der Waals surface area contributed by atoms with Crippen LogP contribution < -0.4 is 11.1 Å². The highest BCUT2D eigenvalue weighted by atomic mass is 16.4. The number of imidazole rings is 1. The molecule has 0 atom stereocenters. The van der Waals surface area contributed by atoms with Gasteiger partial charge in [0.25, 0.3) is 0 Å². The molecule has 0 aliphatic heterocycles. The van der Waals surface area contributed by atoms with Gasteiger partial charge in [-0.25, -0.2) is 14.8 Å². The first kappa shape index (κ1) is 14.2. The number of carboxylic acids is 1. The molecule has 2 rings (SSSR count). The quantitative estimate of drug-likeness (QED) is 0.540. The molecule has 2 aromatic rings. The normalized spacial score (nSPS) is 10.7. The molecule has 0 radical (unpaired) electrons. The molecule has 0 aliphatic rings. The summed E-state index contributed by atoms with van der Waals surface area (Å²) >= 11 is 0. The van der Waals surface area contributed by atoms with Crippen LogP contribution in [0.5, 0.6) is 0 Å². The maximum Gasteiger partial charge on any atom is 0.354 e. The van der Waals surface area contributed by atoms with Crippen LogP contribution in [0.2, 0.25) is 0 Å². The lowest BCUT2D eigenvalue weighted by molar-refractivity contribution is 0.0690. The van der Waals surface area contributed by atoms with Crippen LogP contribution in [0.1, 0.15) is 27.4 Å². The minimum atomic E-state index is -1.04. The average Bonchev–Trinajstić information content (AvgIpc) is 2.96. The van der Waals surface area contributed by atoms with Crippen LogP contribution in [-0.2, 0) is 19.5 Å². The smallest absolute Gasteiger partial charge is 0.354 e. The highest BCUT2D eigenvalue weighted by Crippen LogP contribution is 2.06. The number of carboxylic acid groups (broad SMARTS) is 1. The number of H-pyrrole nitrogens is 1. The molecule has 0 fully saturated rings. The zero-order valence-electron chi connectivity index (χ0n) is 11.0. The lowest BCUT2D eigenvalue weighted by Gasteiger charge is -2.07. The van der Waals surface area contributed by atoms with Crippen molar-refractivity contribution >= 4 is 5.97 Å². The van der Waals surface area contributed by atoms with Gasteiger partial charge in [-0.2, -0.15) is 0 Å². The van der Waals surface area contributed by atoms with Gasteiger partial charge in [-0.1, -0.05) is 0 Å². The van der Waals surface area contributed by atoms with Gasteiger partial charge in [0, 0.05) is 37.9 Å². The Morgan fingerprint density at radius 1 is 1.45 bits per heavy atom. The van der Waals surface area contributed by atoms with Crippen molar-refractivity contribution in [3.05, 3.63) is 47.3 Å². The van der Waals surface area contributed by atoms with Crippen LogP contribution in [0.25, 0.3) is 0 Å². The molecule has 20 heavy (non-hydrogen) atoms. The molecule has 0 saturated carbocycles. The number of nitrogens with zero attached hydrogens (tertiary/aromatic N) is 2. The van der Waals surface area contributed by atoms with Gasteiger partial charge in [0.1, 0.15) is 5.69 Å². The van der Waals surface area contributed by atoms with Crippen molar-refractivity contribution in [3.63, 3.8) is 0 Å². The van der Waals surface area contributed by atoms with Crippen LogP contribution in [0.15, 0.2) is 24.7 Å². The second kappa shape index (κ2) is 6.78. The molecule has 0 aromatic carbocycles. The van der Waals surface area contributed by atoms with Crippen LogP contribution in [0, 0.1) is 0 Å². The topological polar surface area (TPSA) is 117 Å². The van der Waals surface area contributed by atoms with E-state index in [1.54, 1.807) is 12.5 Å². The van der Waals surface area contributed by atoms with E-state index in [9.17, 15) is 4.79 Å². The number of aromatic amines is 1. The molecule has 7 nitrogen and oxygen atoms in total. The summed E-state index contributed by atoms with van der Waals surface area (Å²) in [5, 5.41) is 12.2. The largest absolute Gasteiger partial charge is 0.477 e. The number of nitrogens with one attached hydrogen (secondary N) is 2. The number of nitrogens with two attached hydrogens (primary N) is 1. The van der Waals surface area contributed by atoms with Crippen molar-refractivity contribution in [2.45, 2.75) is 19.5 Å². The zero-order valence-corrected chi connectivity index (χ0v) is 11.0. The summed E-state index contributed by atoms with van der Waals surface area (Å²) in [5.41, 5.74) is 8.07. The first-order valence-corrected chi connectivity index (χ1v) is 6.30. The maximum absolute atomic E-state index is 11.0. The Balaban J connectivity index is 1.91. The van der Waals surface area contributed by atoms with Gasteiger partial charge < -0.3 is 21.1 Å². The second-order valence-electron chi connectivity index (χ2n) is 4.36. The molecular formula is C13H17N5O2. The van der Waals surface area contributed by atoms with Gasteiger partial charge in [0.05, 0.1) is 12.0 Å². The summed E-state index contributed by atoms with van der Waals surface area (Å²) in [5.74, 6) is -1.04. The van der Waals surface area contributed by atoms with Crippen molar-refractivity contribution in [2.24, 2.45) is 5.73 Å². The first-order chi connectivity index (χ1) is 9.69. The van der Waals surface area contributed by atoms with E-state index in [1.165, 1.54) is 6.07 Å². The van der Waals surface area contributed by atoms with Crippen molar-refractivity contribution in [1.29, 1.82) is 0 Å². The van der Waals surface area contributed by atoms with Gasteiger partial charge in [-0.05, 0) is 17.7 Å². The molecule has 0 saturated heterocycles. The number of pyridine rings is 1. The predicted molar refractivity (Wildman–Crippen MR) is 73.1 cm³/mol. The van der Waals surface area contributed by atoms with Gasteiger partial charge in [0.2, 0.25) is 0 Å². The van der Waals surface area contributed by atoms with E-state index in [2.05, 4.69) is 20.3 Å². The third kappa shape index (κ3) is 3.87. The average molecular weight is 275 g/mol. The highest BCUT2D eigenvalue weighted by molar-refractivity contribution is 5.85. The summed E-state index contributed by atoms with van der Waals surface area (Å²) < 4.78 is 0. The second-order valence-corrected chi connectivity index (χ2v) is 4.36. The fourth-order valence-electron chi connectivity index (χ4n) is 1.83. The molecule has 0 amide bonds. The number of hydrogen-bond acceptors (Lipinski definition) is 5. The van der Waals surface area contributed by atoms with Crippen molar-refractivity contribution in [3.8, 4) is 0 Å². The number of aromatic carboxylic acids is 1. The van der Waals surface area contributed by atoms with E-state index in [0.29, 0.717) is 18.8 Å². The predicted octanol–water partition coefficient (Wildman–Crippen LogP) is 0.294. The van der Waals surface area contributed by atoms with E-state index in [1.807, 2.05) is 6.07 Å². The standard InChI is InChI=1S/C13H17N5O2/c14-5-9-3-11(18-12(4-9)13(19)20)7-15-2-1-10-6-16-8-17-10/h3-4,6,8,15H,1-2,5,7,14H2,(H,16,17)(H,19,20). The fourth-order valence-corrected chi connectivity index (χ4v) is 1.83.